The third kappa shape index (κ3) is 2.41. The number of hydrogen-bond donors (Lipinski definition) is 1. The average molecular weight is 252 g/mol. The Labute approximate surface area is 109 Å². The van der Waals surface area contributed by atoms with Crippen LogP contribution in [0.5, 0.6) is 0 Å². The van der Waals surface area contributed by atoms with Gasteiger partial charge in [-0.2, -0.15) is 0 Å². The van der Waals surface area contributed by atoms with Crippen molar-refractivity contribution < 1.29 is 9.53 Å². The van der Waals surface area contributed by atoms with Crippen LogP contribution in [0.3, 0.4) is 0 Å². The molecule has 2 bridgehead atoms. The molecule has 3 rings (SSSR count). The van der Waals surface area contributed by atoms with Crippen LogP contribution in [0.25, 0.3) is 0 Å². The van der Waals surface area contributed by atoms with E-state index in [9.17, 15) is 4.79 Å². The summed E-state index contributed by atoms with van der Waals surface area (Å²) < 4.78 is 5.71. The fourth-order valence-electron chi connectivity index (χ4n) is 3.73. The molecule has 3 fully saturated rings. The minimum absolute atomic E-state index is 0.220. The molecule has 0 aromatic rings. The molecule has 0 aromatic heterocycles. The molecular weight excluding hydrogens is 228 g/mol. The molecule has 4 unspecified atom stereocenters. The first kappa shape index (κ1) is 12.4. The Bertz CT molecular complexity index is 315. The van der Waals surface area contributed by atoms with Gasteiger partial charge in [0, 0.05) is 32.3 Å². The van der Waals surface area contributed by atoms with Crippen molar-refractivity contribution in [2.75, 3.05) is 20.2 Å². The number of rotatable bonds is 3. The molecule has 1 amide bonds. The Hall–Kier alpha value is -0.610. The SMILES string of the molecule is CN(CC1CCCCO1)C(=O)C1CC2CCC1N2. The zero-order valence-electron chi connectivity index (χ0n) is 11.2. The van der Waals surface area contributed by atoms with Gasteiger partial charge in [0.25, 0.3) is 0 Å². The van der Waals surface area contributed by atoms with Gasteiger partial charge >= 0.3 is 0 Å². The summed E-state index contributed by atoms with van der Waals surface area (Å²) in [5.74, 6) is 0.543. The third-order valence-electron chi connectivity index (χ3n) is 4.74. The fourth-order valence-corrected chi connectivity index (χ4v) is 3.73. The Balaban J connectivity index is 1.52. The van der Waals surface area contributed by atoms with Gasteiger partial charge in [-0.25, -0.2) is 0 Å². The molecule has 4 nitrogen and oxygen atoms in total. The van der Waals surface area contributed by atoms with Crippen LogP contribution in [-0.2, 0) is 9.53 Å². The average Bonchev–Trinajstić information content (AvgIpc) is 3.01. The summed E-state index contributed by atoms with van der Waals surface area (Å²) in [6, 6.07) is 1.04. The number of fused-ring (bicyclic) bond motifs is 2. The highest BCUT2D eigenvalue weighted by Crippen LogP contribution is 2.34. The van der Waals surface area contributed by atoms with Crippen molar-refractivity contribution >= 4 is 5.91 Å². The Morgan fingerprint density at radius 1 is 1.33 bits per heavy atom. The number of nitrogens with one attached hydrogen (secondary N) is 1. The minimum atomic E-state index is 0.220. The van der Waals surface area contributed by atoms with Crippen LogP contribution < -0.4 is 5.32 Å². The van der Waals surface area contributed by atoms with E-state index in [0.29, 0.717) is 18.0 Å². The van der Waals surface area contributed by atoms with Crippen LogP contribution in [0, 0.1) is 5.92 Å². The minimum Gasteiger partial charge on any atom is -0.376 e. The maximum atomic E-state index is 12.4. The van der Waals surface area contributed by atoms with Crippen LogP contribution in [0.1, 0.15) is 38.5 Å². The van der Waals surface area contributed by atoms with Crippen LogP contribution in [0.2, 0.25) is 0 Å². The first-order chi connectivity index (χ1) is 8.74. The van der Waals surface area contributed by atoms with Crippen LogP contribution >= 0.6 is 0 Å². The van der Waals surface area contributed by atoms with E-state index in [-0.39, 0.29) is 12.0 Å². The summed E-state index contributed by atoms with van der Waals surface area (Å²) in [5.41, 5.74) is 0. The monoisotopic (exact) mass is 252 g/mol. The van der Waals surface area contributed by atoms with Crippen molar-refractivity contribution in [3.05, 3.63) is 0 Å². The Morgan fingerprint density at radius 2 is 2.22 bits per heavy atom. The molecule has 18 heavy (non-hydrogen) atoms. The lowest BCUT2D eigenvalue weighted by Crippen LogP contribution is -2.43. The van der Waals surface area contributed by atoms with Crippen LogP contribution in [0.15, 0.2) is 0 Å². The lowest BCUT2D eigenvalue weighted by molar-refractivity contribution is -0.137. The predicted molar refractivity (Wildman–Crippen MR) is 69.3 cm³/mol. The molecule has 0 aromatic carbocycles. The predicted octanol–water partition coefficient (Wildman–Crippen LogP) is 1.15. The van der Waals surface area contributed by atoms with Gasteiger partial charge in [0.05, 0.1) is 12.0 Å². The van der Waals surface area contributed by atoms with Crippen LogP contribution in [0.4, 0.5) is 0 Å². The molecule has 3 aliphatic heterocycles. The van der Waals surface area contributed by atoms with E-state index in [0.717, 1.165) is 26.0 Å². The molecule has 3 heterocycles. The highest BCUT2D eigenvalue weighted by Gasteiger charge is 2.43. The number of likely N-dealkylation sites (N-methyl/N-ethyl adjacent to an activating group) is 1. The molecule has 0 radical (unpaired) electrons. The van der Waals surface area contributed by atoms with Crippen molar-refractivity contribution in [2.24, 2.45) is 5.92 Å². The smallest absolute Gasteiger partial charge is 0.227 e. The van der Waals surface area contributed by atoms with Gasteiger partial charge in [-0.3, -0.25) is 4.79 Å². The summed E-state index contributed by atoms with van der Waals surface area (Å²) in [7, 11) is 1.94. The van der Waals surface area contributed by atoms with E-state index in [4.69, 9.17) is 4.74 Å². The maximum absolute atomic E-state index is 12.4. The van der Waals surface area contributed by atoms with Crippen LogP contribution in [-0.4, -0.2) is 49.2 Å². The summed E-state index contributed by atoms with van der Waals surface area (Å²) in [4.78, 5) is 14.3. The molecule has 3 aliphatic rings. The van der Waals surface area contributed by atoms with Gasteiger partial charge in [0.2, 0.25) is 5.91 Å². The summed E-state index contributed by atoms with van der Waals surface area (Å²) in [5, 5.41) is 3.54. The molecular formula is C14H24N2O2. The van der Waals surface area contributed by atoms with Crippen molar-refractivity contribution in [1.82, 2.24) is 10.2 Å². The van der Waals surface area contributed by atoms with E-state index < -0.39 is 0 Å². The zero-order valence-corrected chi connectivity index (χ0v) is 11.2. The molecule has 0 aliphatic carbocycles. The largest absolute Gasteiger partial charge is 0.376 e. The quantitative estimate of drug-likeness (QED) is 0.819. The van der Waals surface area contributed by atoms with Crippen molar-refractivity contribution in [2.45, 2.75) is 56.7 Å². The molecule has 0 saturated carbocycles. The third-order valence-corrected chi connectivity index (χ3v) is 4.74. The fraction of sp³-hybridized carbons (Fsp3) is 0.929. The van der Waals surface area contributed by atoms with E-state index in [1.54, 1.807) is 0 Å². The Kier molecular flexibility index (Phi) is 3.57. The van der Waals surface area contributed by atoms with Gasteiger partial charge in [-0.15, -0.1) is 0 Å². The summed E-state index contributed by atoms with van der Waals surface area (Å²) >= 11 is 0. The number of ether oxygens (including phenoxy) is 1. The molecule has 0 spiro atoms. The first-order valence-electron chi connectivity index (χ1n) is 7.36. The first-order valence-corrected chi connectivity index (χ1v) is 7.36. The molecule has 3 saturated heterocycles. The van der Waals surface area contributed by atoms with Gasteiger partial charge in [-0.05, 0) is 38.5 Å². The highest BCUT2D eigenvalue weighted by atomic mass is 16.5. The zero-order chi connectivity index (χ0) is 12.5. The molecule has 1 N–H and O–H groups in total. The van der Waals surface area contributed by atoms with E-state index >= 15 is 0 Å². The normalized spacial score (nSPS) is 38.9. The number of carbonyl (C=O) groups is 1. The summed E-state index contributed by atoms with van der Waals surface area (Å²) in [6.45, 7) is 1.63. The van der Waals surface area contributed by atoms with Gasteiger partial charge < -0.3 is 15.0 Å². The van der Waals surface area contributed by atoms with E-state index in [1.807, 2.05) is 11.9 Å². The highest BCUT2D eigenvalue weighted by molar-refractivity contribution is 5.80. The maximum Gasteiger partial charge on any atom is 0.227 e. The van der Waals surface area contributed by atoms with E-state index in [1.165, 1.54) is 25.7 Å². The lowest BCUT2D eigenvalue weighted by atomic mass is 9.88. The lowest BCUT2D eigenvalue weighted by Gasteiger charge is -2.30. The number of carbonyl (C=O) groups excluding carboxylic acids is 1. The van der Waals surface area contributed by atoms with Crippen molar-refractivity contribution in [3.8, 4) is 0 Å². The van der Waals surface area contributed by atoms with Crippen molar-refractivity contribution in [1.29, 1.82) is 0 Å². The number of nitrogens with zero attached hydrogens (tertiary/aromatic N) is 1. The summed E-state index contributed by atoms with van der Waals surface area (Å²) in [6.07, 6.45) is 7.25. The number of hydrogen-bond acceptors (Lipinski definition) is 3. The molecule has 102 valence electrons. The topological polar surface area (TPSA) is 41.6 Å². The second kappa shape index (κ2) is 5.17. The standard InChI is InChI=1S/C14H24N2O2/c1-16(9-11-4-2-3-7-18-11)14(17)12-8-10-5-6-13(12)15-10/h10-13,15H,2-9H2,1H3. The van der Waals surface area contributed by atoms with Gasteiger partial charge in [-0.1, -0.05) is 0 Å². The molecule has 4 atom stereocenters. The second-order valence-electron chi connectivity index (χ2n) is 6.10. The second-order valence-corrected chi connectivity index (χ2v) is 6.10. The molecule has 4 heteroatoms. The number of amides is 1. The van der Waals surface area contributed by atoms with Gasteiger partial charge in [0.1, 0.15) is 0 Å². The van der Waals surface area contributed by atoms with Gasteiger partial charge in [0.15, 0.2) is 0 Å². The Morgan fingerprint density at radius 3 is 2.83 bits per heavy atom. The van der Waals surface area contributed by atoms with Crippen molar-refractivity contribution in [3.63, 3.8) is 0 Å². The van der Waals surface area contributed by atoms with E-state index in [2.05, 4.69) is 5.32 Å².